The minimum Gasteiger partial charge on any atom is -0.481 e. The topological polar surface area (TPSA) is 80.9 Å². The monoisotopic (exact) mass is 278 g/mol. The number of carboxylic acids is 1. The van der Waals surface area contributed by atoms with E-state index in [4.69, 9.17) is 5.11 Å². The van der Waals surface area contributed by atoms with Crippen LogP contribution in [0.1, 0.15) is 31.4 Å². The number of nitrogens with zero attached hydrogens (tertiary/aromatic N) is 4. The van der Waals surface area contributed by atoms with Crippen molar-refractivity contribution >= 4 is 5.97 Å². The van der Waals surface area contributed by atoms with Crippen LogP contribution in [0.5, 0.6) is 0 Å². The maximum atomic E-state index is 13.6. The highest BCUT2D eigenvalue weighted by Crippen LogP contribution is 2.24. The van der Waals surface area contributed by atoms with Crippen LogP contribution in [-0.2, 0) is 4.79 Å². The maximum Gasteiger partial charge on any atom is 0.305 e. The van der Waals surface area contributed by atoms with Crippen molar-refractivity contribution in [3.8, 4) is 11.4 Å². The molecule has 1 unspecified atom stereocenters. The number of hydrogen-bond donors (Lipinski definition) is 1. The molecule has 1 N–H and O–H groups in total. The molecule has 0 saturated carbocycles. The van der Waals surface area contributed by atoms with Crippen LogP contribution >= 0.6 is 0 Å². The molecule has 0 bridgehead atoms. The molecule has 0 saturated heterocycles. The Morgan fingerprint density at radius 1 is 1.50 bits per heavy atom. The minimum atomic E-state index is -0.923. The number of aliphatic carboxylic acids is 1. The van der Waals surface area contributed by atoms with Crippen LogP contribution < -0.4 is 0 Å². The fourth-order valence-electron chi connectivity index (χ4n) is 1.97. The van der Waals surface area contributed by atoms with E-state index in [2.05, 4.69) is 15.5 Å². The fourth-order valence-corrected chi connectivity index (χ4v) is 1.97. The van der Waals surface area contributed by atoms with E-state index in [1.54, 1.807) is 19.1 Å². The van der Waals surface area contributed by atoms with Crippen LogP contribution in [0.15, 0.2) is 18.2 Å². The second-order valence-electron chi connectivity index (χ2n) is 4.57. The number of aryl methyl sites for hydroxylation is 1. The summed E-state index contributed by atoms with van der Waals surface area (Å²) >= 11 is 0. The van der Waals surface area contributed by atoms with Crippen molar-refractivity contribution in [3.05, 3.63) is 29.6 Å². The van der Waals surface area contributed by atoms with E-state index in [9.17, 15) is 9.18 Å². The molecule has 106 valence electrons. The van der Waals surface area contributed by atoms with Crippen molar-refractivity contribution < 1.29 is 14.3 Å². The van der Waals surface area contributed by atoms with Crippen molar-refractivity contribution in [1.29, 1.82) is 0 Å². The molecule has 1 aromatic carbocycles. The zero-order valence-corrected chi connectivity index (χ0v) is 11.2. The number of halogens is 1. The zero-order chi connectivity index (χ0) is 14.7. The predicted octanol–water partition coefficient (Wildman–Crippen LogP) is 2.21. The second kappa shape index (κ2) is 5.77. The Kier molecular flexibility index (Phi) is 4.07. The third-order valence-electron chi connectivity index (χ3n) is 3.15. The Morgan fingerprint density at radius 2 is 2.25 bits per heavy atom. The lowest BCUT2D eigenvalue weighted by Crippen LogP contribution is -2.15. The van der Waals surface area contributed by atoms with E-state index < -0.39 is 5.97 Å². The number of aromatic nitrogens is 4. The van der Waals surface area contributed by atoms with Crippen molar-refractivity contribution in [2.24, 2.45) is 0 Å². The number of hydrogen-bond acceptors (Lipinski definition) is 4. The summed E-state index contributed by atoms with van der Waals surface area (Å²) in [5.41, 5.74) is 1.06. The summed E-state index contributed by atoms with van der Waals surface area (Å²) in [4.78, 5) is 10.9. The van der Waals surface area contributed by atoms with Gasteiger partial charge in [-0.3, -0.25) is 4.79 Å². The van der Waals surface area contributed by atoms with Gasteiger partial charge in [0.1, 0.15) is 5.82 Å². The summed E-state index contributed by atoms with van der Waals surface area (Å²) in [5, 5.41) is 20.2. The standard InChI is InChI=1S/C13H15FN4O2/c1-3-10(7-12(19)20)18-13(15-16-17-18)9-5-4-8(2)11(14)6-9/h4-6,10H,3,7H2,1-2H3,(H,19,20). The first-order chi connectivity index (χ1) is 9.52. The van der Waals surface area contributed by atoms with E-state index in [0.29, 0.717) is 23.4 Å². The largest absolute Gasteiger partial charge is 0.481 e. The van der Waals surface area contributed by atoms with Crippen LogP contribution in [0, 0.1) is 12.7 Å². The first-order valence-electron chi connectivity index (χ1n) is 6.29. The van der Waals surface area contributed by atoms with Gasteiger partial charge in [-0.1, -0.05) is 19.1 Å². The molecular formula is C13H15FN4O2. The number of carboxylic acid groups (broad SMARTS) is 1. The third-order valence-corrected chi connectivity index (χ3v) is 3.15. The van der Waals surface area contributed by atoms with Gasteiger partial charge >= 0.3 is 5.97 Å². The van der Waals surface area contributed by atoms with Crippen LogP contribution in [-0.4, -0.2) is 31.3 Å². The molecule has 2 aromatic rings. The molecule has 0 aliphatic heterocycles. The highest BCUT2D eigenvalue weighted by Gasteiger charge is 2.20. The van der Waals surface area contributed by atoms with Crippen LogP contribution in [0.25, 0.3) is 11.4 Å². The third kappa shape index (κ3) is 2.81. The molecule has 0 aliphatic rings. The molecule has 1 aromatic heterocycles. The number of benzene rings is 1. The second-order valence-corrected chi connectivity index (χ2v) is 4.57. The van der Waals surface area contributed by atoms with E-state index >= 15 is 0 Å². The lowest BCUT2D eigenvalue weighted by Gasteiger charge is -2.14. The molecule has 7 heteroatoms. The maximum absolute atomic E-state index is 13.6. The predicted molar refractivity (Wildman–Crippen MR) is 69.5 cm³/mol. The molecule has 1 heterocycles. The van der Waals surface area contributed by atoms with Gasteiger partial charge in [0, 0.05) is 5.56 Å². The highest BCUT2D eigenvalue weighted by molar-refractivity contribution is 5.67. The molecule has 2 rings (SSSR count). The van der Waals surface area contributed by atoms with Crippen LogP contribution in [0.3, 0.4) is 0 Å². The summed E-state index contributed by atoms with van der Waals surface area (Å²) < 4.78 is 15.1. The van der Waals surface area contributed by atoms with Gasteiger partial charge in [-0.2, -0.15) is 0 Å². The first kappa shape index (κ1) is 14.1. The van der Waals surface area contributed by atoms with E-state index in [0.717, 1.165) is 0 Å². The molecule has 0 spiro atoms. The quantitative estimate of drug-likeness (QED) is 0.906. The molecule has 0 radical (unpaired) electrons. The van der Waals surface area contributed by atoms with Gasteiger partial charge < -0.3 is 5.11 Å². The lowest BCUT2D eigenvalue weighted by molar-refractivity contribution is -0.138. The van der Waals surface area contributed by atoms with Crippen molar-refractivity contribution in [3.63, 3.8) is 0 Å². The smallest absolute Gasteiger partial charge is 0.305 e. The van der Waals surface area contributed by atoms with Gasteiger partial charge in [0.25, 0.3) is 0 Å². The summed E-state index contributed by atoms with van der Waals surface area (Å²) in [7, 11) is 0. The summed E-state index contributed by atoms with van der Waals surface area (Å²) in [6, 6.07) is 4.35. The highest BCUT2D eigenvalue weighted by atomic mass is 19.1. The van der Waals surface area contributed by atoms with E-state index in [1.807, 2.05) is 6.92 Å². The molecule has 0 amide bonds. The SMILES string of the molecule is CCC(CC(=O)O)n1nnnc1-c1ccc(C)c(F)c1. The Morgan fingerprint density at radius 3 is 2.85 bits per heavy atom. The van der Waals surface area contributed by atoms with Gasteiger partial charge in [0.05, 0.1) is 12.5 Å². The van der Waals surface area contributed by atoms with Crippen LogP contribution in [0.4, 0.5) is 4.39 Å². The number of carbonyl (C=O) groups is 1. The van der Waals surface area contributed by atoms with Crippen molar-refractivity contribution in [2.45, 2.75) is 32.7 Å². The summed E-state index contributed by atoms with van der Waals surface area (Å²) in [6.07, 6.45) is 0.488. The Hall–Kier alpha value is -2.31. The Bertz CT molecular complexity index is 627. The first-order valence-corrected chi connectivity index (χ1v) is 6.29. The molecule has 20 heavy (non-hydrogen) atoms. The van der Waals surface area contributed by atoms with Gasteiger partial charge in [-0.05, 0) is 35.4 Å². The van der Waals surface area contributed by atoms with Gasteiger partial charge in [-0.15, -0.1) is 5.10 Å². The molecular weight excluding hydrogens is 263 g/mol. The normalized spacial score (nSPS) is 12.3. The number of rotatable bonds is 5. The average molecular weight is 278 g/mol. The number of tetrazole rings is 1. The van der Waals surface area contributed by atoms with Gasteiger partial charge in [0.2, 0.25) is 0 Å². The summed E-state index contributed by atoms with van der Waals surface area (Å²) in [6.45, 7) is 3.52. The van der Waals surface area contributed by atoms with Gasteiger partial charge in [-0.25, -0.2) is 9.07 Å². The molecule has 0 aliphatic carbocycles. The zero-order valence-electron chi connectivity index (χ0n) is 11.2. The molecule has 6 nitrogen and oxygen atoms in total. The summed E-state index contributed by atoms with van der Waals surface area (Å²) in [5.74, 6) is -0.895. The van der Waals surface area contributed by atoms with E-state index in [1.165, 1.54) is 10.7 Å². The van der Waals surface area contributed by atoms with E-state index in [-0.39, 0.29) is 18.3 Å². The van der Waals surface area contributed by atoms with Crippen molar-refractivity contribution in [1.82, 2.24) is 20.2 Å². The van der Waals surface area contributed by atoms with Crippen molar-refractivity contribution in [2.75, 3.05) is 0 Å². The minimum absolute atomic E-state index is 0.0805. The fraction of sp³-hybridized carbons (Fsp3) is 0.385. The Labute approximate surface area is 115 Å². The van der Waals surface area contributed by atoms with Crippen LogP contribution in [0.2, 0.25) is 0 Å². The molecule has 0 fully saturated rings. The lowest BCUT2D eigenvalue weighted by atomic mass is 10.1. The Balaban J connectivity index is 2.40. The molecule has 1 atom stereocenters. The van der Waals surface area contributed by atoms with Gasteiger partial charge in [0.15, 0.2) is 5.82 Å². The average Bonchev–Trinajstić information content (AvgIpc) is 2.88.